The molecule has 0 saturated carbocycles. The van der Waals surface area contributed by atoms with Crippen LogP contribution in [0.25, 0.3) is 0 Å². The summed E-state index contributed by atoms with van der Waals surface area (Å²) in [4.78, 5) is 28.8. The number of hydrogen-bond acceptors (Lipinski definition) is 5. The van der Waals surface area contributed by atoms with Gasteiger partial charge in [0, 0.05) is 18.3 Å². The number of ether oxygens (including phenoxy) is 1. The molecule has 0 fully saturated rings. The van der Waals surface area contributed by atoms with Crippen molar-refractivity contribution in [3.63, 3.8) is 0 Å². The Bertz CT molecular complexity index is 598. The van der Waals surface area contributed by atoms with Crippen LogP contribution >= 0.6 is 11.8 Å². The molecular weight excluding hydrogens is 362 g/mol. The van der Waals surface area contributed by atoms with Crippen LogP contribution in [0.1, 0.15) is 27.2 Å². The number of carbonyl (C=O) groups is 2. The lowest BCUT2D eigenvalue weighted by Crippen LogP contribution is -2.45. The molecule has 1 aromatic carbocycles. The van der Waals surface area contributed by atoms with Gasteiger partial charge >= 0.3 is 0 Å². The zero-order chi connectivity index (χ0) is 20.2. The van der Waals surface area contributed by atoms with E-state index in [1.807, 2.05) is 42.8 Å². The molecule has 2 amide bonds. The SMILES string of the molecule is CCCN(CC(=O)Nc1ccccc1OC)C(=O)CN(C)C(C)CSCC. The number of thioether (sulfide) groups is 1. The Morgan fingerprint density at radius 3 is 2.56 bits per heavy atom. The first-order valence-corrected chi connectivity index (χ1v) is 10.6. The first kappa shape index (κ1) is 23.3. The second-order valence-electron chi connectivity index (χ2n) is 6.49. The highest BCUT2D eigenvalue weighted by Crippen LogP contribution is 2.22. The van der Waals surface area contributed by atoms with Gasteiger partial charge in [0.25, 0.3) is 0 Å². The summed E-state index contributed by atoms with van der Waals surface area (Å²) in [5.41, 5.74) is 0.608. The molecule has 0 spiro atoms. The van der Waals surface area contributed by atoms with Crippen molar-refractivity contribution < 1.29 is 14.3 Å². The van der Waals surface area contributed by atoms with Crippen molar-refractivity contribution in [1.29, 1.82) is 0 Å². The standard InChI is InChI=1S/C20H33N3O3S/c1-6-12-23(20(25)14-22(4)16(3)15-27-7-2)13-19(24)21-17-10-8-9-11-18(17)26-5/h8-11,16H,6-7,12-15H2,1-5H3,(H,21,24). The number of hydrogen-bond donors (Lipinski definition) is 1. The number of anilines is 1. The van der Waals surface area contributed by atoms with E-state index in [1.54, 1.807) is 24.1 Å². The van der Waals surface area contributed by atoms with Gasteiger partial charge in [-0.25, -0.2) is 0 Å². The van der Waals surface area contributed by atoms with Crippen molar-refractivity contribution in [2.75, 3.05) is 50.6 Å². The maximum Gasteiger partial charge on any atom is 0.244 e. The van der Waals surface area contributed by atoms with Gasteiger partial charge in [-0.1, -0.05) is 26.0 Å². The molecule has 0 radical (unpaired) electrons. The number of rotatable bonds is 12. The van der Waals surface area contributed by atoms with Crippen molar-refractivity contribution in [2.45, 2.75) is 33.2 Å². The molecule has 1 atom stereocenters. The lowest BCUT2D eigenvalue weighted by molar-refractivity contribution is -0.135. The van der Waals surface area contributed by atoms with Gasteiger partial charge in [0.2, 0.25) is 11.8 Å². The van der Waals surface area contributed by atoms with Crippen molar-refractivity contribution in [1.82, 2.24) is 9.80 Å². The number of nitrogens with one attached hydrogen (secondary N) is 1. The van der Waals surface area contributed by atoms with E-state index < -0.39 is 0 Å². The Morgan fingerprint density at radius 2 is 1.93 bits per heavy atom. The number of para-hydroxylation sites is 2. The highest BCUT2D eigenvalue weighted by molar-refractivity contribution is 7.99. The van der Waals surface area contributed by atoms with E-state index in [4.69, 9.17) is 4.74 Å². The van der Waals surface area contributed by atoms with Gasteiger partial charge in [0.05, 0.1) is 25.9 Å². The average Bonchev–Trinajstić information content (AvgIpc) is 2.65. The van der Waals surface area contributed by atoms with E-state index in [1.165, 1.54) is 0 Å². The molecular formula is C20H33N3O3S. The van der Waals surface area contributed by atoms with E-state index in [0.717, 1.165) is 17.9 Å². The Morgan fingerprint density at radius 1 is 1.22 bits per heavy atom. The maximum atomic E-state index is 12.7. The fourth-order valence-corrected chi connectivity index (χ4v) is 3.39. The summed E-state index contributed by atoms with van der Waals surface area (Å²) < 4.78 is 5.25. The average molecular weight is 396 g/mol. The van der Waals surface area contributed by atoms with Crippen LogP contribution < -0.4 is 10.1 Å². The van der Waals surface area contributed by atoms with Crippen LogP contribution in [0.4, 0.5) is 5.69 Å². The third kappa shape index (κ3) is 8.22. The lowest BCUT2D eigenvalue weighted by Gasteiger charge is -2.28. The minimum absolute atomic E-state index is 0.0251. The Kier molecular flexibility index (Phi) is 10.9. The summed E-state index contributed by atoms with van der Waals surface area (Å²) in [5, 5.41) is 2.83. The third-order valence-electron chi connectivity index (χ3n) is 4.26. The second-order valence-corrected chi connectivity index (χ2v) is 7.81. The number of carbonyl (C=O) groups excluding carboxylic acids is 2. The number of nitrogens with zero attached hydrogens (tertiary/aromatic N) is 2. The normalized spacial score (nSPS) is 11.9. The quantitative estimate of drug-likeness (QED) is 0.590. The minimum Gasteiger partial charge on any atom is -0.495 e. The molecule has 1 aromatic rings. The largest absolute Gasteiger partial charge is 0.495 e. The van der Waals surface area contributed by atoms with Crippen LogP contribution in [-0.4, -0.2) is 73.0 Å². The van der Waals surface area contributed by atoms with Crippen LogP contribution in [-0.2, 0) is 9.59 Å². The molecule has 0 aliphatic heterocycles. The molecule has 0 aliphatic rings. The molecule has 1 unspecified atom stereocenters. The van der Waals surface area contributed by atoms with Gasteiger partial charge in [-0.05, 0) is 38.3 Å². The Balaban J connectivity index is 2.65. The van der Waals surface area contributed by atoms with Gasteiger partial charge in [-0.2, -0.15) is 11.8 Å². The topological polar surface area (TPSA) is 61.9 Å². The smallest absolute Gasteiger partial charge is 0.244 e. The summed E-state index contributed by atoms with van der Waals surface area (Å²) >= 11 is 1.86. The lowest BCUT2D eigenvalue weighted by atomic mass is 10.3. The molecule has 0 saturated heterocycles. The van der Waals surface area contributed by atoms with Gasteiger partial charge in [0.15, 0.2) is 0 Å². The fraction of sp³-hybridized carbons (Fsp3) is 0.600. The first-order chi connectivity index (χ1) is 12.9. The van der Waals surface area contributed by atoms with Crippen LogP contribution in [0.15, 0.2) is 24.3 Å². The molecule has 0 aliphatic carbocycles. The van der Waals surface area contributed by atoms with Crippen molar-refractivity contribution in [3.05, 3.63) is 24.3 Å². The van der Waals surface area contributed by atoms with Crippen molar-refractivity contribution >= 4 is 29.3 Å². The van der Waals surface area contributed by atoms with Gasteiger partial charge in [-0.3, -0.25) is 14.5 Å². The summed E-state index contributed by atoms with van der Waals surface area (Å²) in [6, 6.07) is 7.55. The molecule has 0 heterocycles. The summed E-state index contributed by atoms with van der Waals surface area (Å²) in [5.74, 6) is 2.40. The van der Waals surface area contributed by atoms with E-state index in [-0.39, 0.29) is 18.4 Å². The predicted molar refractivity (Wildman–Crippen MR) is 114 cm³/mol. The highest BCUT2D eigenvalue weighted by atomic mass is 32.2. The molecule has 6 nitrogen and oxygen atoms in total. The Hall–Kier alpha value is -1.73. The van der Waals surface area contributed by atoms with Crippen molar-refractivity contribution in [2.24, 2.45) is 0 Å². The van der Waals surface area contributed by atoms with Crippen molar-refractivity contribution in [3.8, 4) is 5.75 Å². The summed E-state index contributed by atoms with van der Waals surface area (Å²) in [6.45, 7) is 7.16. The van der Waals surface area contributed by atoms with Gasteiger partial charge < -0.3 is 15.0 Å². The fourth-order valence-electron chi connectivity index (χ4n) is 2.56. The molecule has 0 bridgehead atoms. The molecule has 1 N–H and O–H groups in total. The Labute approximate surface area is 167 Å². The van der Waals surface area contributed by atoms with Crippen LogP contribution in [0.5, 0.6) is 5.75 Å². The second kappa shape index (κ2) is 12.6. The number of benzene rings is 1. The maximum absolute atomic E-state index is 12.7. The number of likely N-dealkylation sites (N-methyl/N-ethyl adjacent to an activating group) is 1. The minimum atomic E-state index is -0.224. The number of amides is 2. The summed E-state index contributed by atoms with van der Waals surface area (Å²) in [7, 11) is 3.52. The van der Waals surface area contributed by atoms with Crippen LogP contribution in [0.3, 0.4) is 0 Å². The molecule has 152 valence electrons. The van der Waals surface area contributed by atoms with Gasteiger partial charge in [0.1, 0.15) is 5.75 Å². The summed E-state index contributed by atoms with van der Waals surface area (Å²) in [6.07, 6.45) is 0.804. The van der Waals surface area contributed by atoms with Gasteiger partial charge in [-0.15, -0.1) is 0 Å². The zero-order valence-electron chi connectivity index (χ0n) is 17.2. The molecule has 1 rings (SSSR count). The van der Waals surface area contributed by atoms with E-state index in [9.17, 15) is 9.59 Å². The number of methoxy groups -OCH3 is 1. The molecule has 27 heavy (non-hydrogen) atoms. The van der Waals surface area contributed by atoms with E-state index in [2.05, 4.69) is 19.2 Å². The predicted octanol–water partition coefficient (Wildman–Crippen LogP) is 2.95. The highest BCUT2D eigenvalue weighted by Gasteiger charge is 2.20. The monoisotopic (exact) mass is 395 g/mol. The first-order valence-electron chi connectivity index (χ1n) is 9.41. The van der Waals surface area contributed by atoms with Crippen LogP contribution in [0, 0.1) is 0 Å². The van der Waals surface area contributed by atoms with Crippen LogP contribution in [0.2, 0.25) is 0 Å². The zero-order valence-corrected chi connectivity index (χ0v) is 18.0. The van der Waals surface area contributed by atoms with E-state index >= 15 is 0 Å². The third-order valence-corrected chi connectivity index (χ3v) is 5.39. The van der Waals surface area contributed by atoms with E-state index in [0.29, 0.717) is 30.6 Å². The molecule has 7 heteroatoms. The molecule has 0 aromatic heterocycles.